The summed E-state index contributed by atoms with van der Waals surface area (Å²) in [5, 5.41) is 4.27. The van der Waals surface area contributed by atoms with Gasteiger partial charge in [-0.2, -0.15) is 0 Å². The fourth-order valence-corrected chi connectivity index (χ4v) is 3.66. The van der Waals surface area contributed by atoms with Crippen LogP contribution in [0.25, 0.3) is 0 Å². The maximum atomic E-state index is 13.4. The third-order valence-electron chi connectivity index (χ3n) is 4.42. The van der Waals surface area contributed by atoms with E-state index in [2.05, 4.69) is 11.4 Å². The van der Waals surface area contributed by atoms with Gasteiger partial charge in [0.25, 0.3) is 0 Å². The molecule has 0 bridgehead atoms. The zero-order valence-corrected chi connectivity index (χ0v) is 12.8. The van der Waals surface area contributed by atoms with Crippen molar-refractivity contribution >= 4 is 11.6 Å². The van der Waals surface area contributed by atoms with Gasteiger partial charge in [-0.1, -0.05) is 35.9 Å². The molecule has 1 saturated heterocycles. The van der Waals surface area contributed by atoms with Gasteiger partial charge in [-0.15, -0.1) is 0 Å². The fraction of sp³-hybridized carbons (Fsp3) is 0.333. The molecule has 0 aromatic heterocycles. The lowest BCUT2D eigenvalue weighted by atomic mass is 9.76. The Morgan fingerprint density at radius 2 is 1.90 bits per heavy atom. The Labute approximate surface area is 130 Å². The second kappa shape index (κ2) is 6.17. The molecule has 0 amide bonds. The Morgan fingerprint density at radius 3 is 2.67 bits per heavy atom. The smallest absolute Gasteiger partial charge is 0.123 e. The fourth-order valence-electron chi connectivity index (χ4n) is 3.39. The van der Waals surface area contributed by atoms with Gasteiger partial charge in [0, 0.05) is 17.5 Å². The van der Waals surface area contributed by atoms with Crippen molar-refractivity contribution in [1.29, 1.82) is 0 Å². The predicted octanol–water partition coefficient (Wildman–Crippen LogP) is 4.65. The van der Waals surface area contributed by atoms with Gasteiger partial charge < -0.3 is 5.32 Å². The second-order valence-electron chi connectivity index (χ2n) is 5.73. The molecule has 3 rings (SSSR count). The number of aryl methyl sites for hydroxylation is 1. The average Bonchev–Trinajstić information content (AvgIpc) is 2.48. The van der Waals surface area contributed by atoms with E-state index in [1.165, 1.54) is 11.1 Å². The van der Waals surface area contributed by atoms with Gasteiger partial charge in [0.2, 0.25) is 0 Å². The van der Waals surface area contributed by atoms with Crippen LogP contribution in [0.3, 0.4) is 0 Å². The SMILES string of the molecule is Cc1cc(F)ccc1C1CCNCC1c1ccccc1Cl. The number of rotatable bonds is 2. The molecule has 0 aliphatic carbocycles. The maximum Gasteiger partial charge on any atom is 0.123 e. The molecule has 1 aliphatic heterocycles. The minimum atomic E-state index is -0.167. The van der Waals surface area contributed by atoms with Gasteiger partial charge in [-0.05, 0) is 60.7 Å². The highest BCUT2D eigenvalue weighted by Crippen LogP contribution is 2.40. The van der Waals surface area contributed by atoms with E-state index in [1.54, 1.807) is 12.1 Å². The van der Waals surface area contributed by atoms with E-state index < -0.39 is 0 Å². The summed E-state index contributed by atoms with van der Waals surface area (Å²) in [5.74, 6) is 0.544. The lowest BCUT2D eigenvalue weighted by molar-refractivity contribution is 0.403. The predicted molar refractivity (Wildman–Crippen MR) is 85.6 cm³/mol. The molecule has 3 heteroatoms. The third kappa shape index (κ3) is 2.97. The topological polar surface area (TPSA) is 12.0 Å². The molecule has 1 nitrogen and oxygen atoms in total. The number of nitrogens with one attached hydrogen (secondary N) is 1. The van der Waals surface area contributed by atoms with Crippen molar-refractivity contribution < 1.29 is 4.39 Å². The summed E-state index contributed by atoms with van der Waals surface area (Å²) in [6, 6.07) is 13.2. The Kier molecular flexibility index (Phi) is 4.27. The number of benzene rings is 2. The Bertz CT molecular complexity index is 641. The molecule has 21 heavy (non-hydrogen) atoms. The highest BCUT2D eigenvalue weighted by Gasteiger charge is 2.29. The van der Waals surface area contributed by atoms with E-state index in [0.29, 0.717) is 11.8 Å². The van der Waals surface area contributed by atoms with Crippen molar-refractivity contribution in [3.05, 3.63) is 70.0 Å². The van der Waals surface area contributed by atoms with Crippen molar-refractivity contribution in [3.63, 3.8) is 0 Å². The molecule has 110 valence electrons. The Balaban J connectivity index is 2.00. The quantitative estimate of drug-likeness (QED) is 0.851. The molecular weight excluding hydrogens is 285 g/mol. The number of halogens is 2. The van der Waals surface area contributed by atoms with E-state index in [9.17, 15) is 4.39 Å². The Morgan fingerprint density at radius 1 is 1.10 bits per heavy atom. The van der Waals surface area contributed by atoms with Crippen LogP contribution >= 0.6 is 11.6 Å². The summed E-state index contributed by atoms with van der Waals surface area (Å²) in [4.78, 5) is 0. The van der Waals surface area contributed by atoms with Crippen LogP contribution in [-0.4, -0.2) is 13.1 Å². The van der Waals surface area contributed by atoms with E-state index in [0.717, 1.165) is 30.1 Å². The number of piperidine rings is 1. The minimum absolute atomic E-state index is 0.167. The Hall–Kier alpha value is -1.38. The summed E-state index contributed by atoms with van der Waals surface area (Å²) in [6.45, 7) is 3.89. The highest BCUT2D eigenvalue weighted by molar-refractivity contribution is 6.31. The molecule has 1 N–H and O–H groups in total. The molecule has 1 fully saturated rings. The first-order valence-corrected chi connectivity index (χ1v) is 7.76. The summed E-state index contributed by atoms with van der Waals surface area (Å²) in [5.41, 5.74) is 3.45. The molecular formula is C18H19ClFN. The van der Waals surface area contributed by atoms with Crippen molar-refractivity contribution in [2.45, 2.75) is 25.2 Å². The summed E-state index contributed by atoms with van der Waals surface area (Å²) in [6.07, 6.45) is 1.04. The van der Waals surface area contributed by atoms with Crippen LogP contribution in [-0.2, 0) is 0 Å². The van der Waals surface area contributed by atoms with Crippen LogP contribution in [0, 0.1) is 12.7 Å². The molecule has 2 aromatic rings. The molecule has 2 aromatic carbocycles. The van der Waals surface area contributed by atoms with Crippen molar-refractivity contribution in [3.8, 4) is 0 Å². The summed E-state index contributed by atoms with van der Waals surface area (Å²) >= 11 is 6.39. The van der Waals surface area contributed by atoms with Crippen LogP contribution in [0.2, 0.25) is 5.02 Å². The van der Waals surface area contributed by atoms with E-state index >= 15 is 0 Å². The van der Waals surface area contributed by atoms with Crippen molar-refractivity contribution in [2.75, 3.05) is 13.1 Å². The van der Waals surface area contributed by atoms with Gasteiger partial charge in [-0.3, -0.25) is 0 Å². The first-order valence-electron chi connectivity index (χ1n) is 7.38. The van der Waals surface area contributed by atoms with Crippen molar-refractivity contribution in [2.24, 2.45) is 0 Å². The molecule has 2 atom stereocenters. The zero-order valence-electron chi connectivity index (χ0n) is 12.1. The molecule has 0 spiro atoms. The van der Waals surface area contributed by atoms with E-state index in [4.69, 9.17) is 11.6 Å². The normalized spacial score (nSPS) is 22.2. The van der Waals surface area contributed by atoms with Crippen molar-refractivity contribution in [1.82, 2.24) is 5.32 Å². The monoisotopic (exact) mass is 303 g/mol. The number of hydrogen-bond acceptors (Lipinski definition) is 1. The number of hydrogen-bond donors (Lipinski definition) is 1. The van der Waals surface area contributed by atoms with Gasteiger partial charge >= 0.3 is 0 Å². The van der Waals surface area contributed by atoms with E-state index in [-0.39, 0.29) is 5.82 Å². The summed E-state index contributed by atoms with van der Waals surface area (Å²) in [7, 11) is 0. The highest BCUT2D eigenvalue weighted by atomic mass is 35.5. The lowest BCUT2D eigenvalue weighted by Crippen LogP contribution is -2.34. The standard InChI is InChI=1S/C18H19ClFN/c1-12-10-13(20)6-7-14(12)15-8-9-21-11-17(15)16-4-2-3-5-18(16)19/h2-7,10,15,17,21H,8-9,11H2,1H3. The lowest BCUT2D eigenvalue weighted by Gasteiger charge is -2.34. The van der Waals surface area contributed by atoms with Gasteiger partial charge in [-0.25, -0.2) is 4.39 Å². The van der Waals surface area contributed by atoms with Gasteiger partial charge in [0.1, 0.15) is 5.82 Å². The molecule has 0 saturated carbocycles. The molecule has 2 unspecified atom stereocenters. The largest absolute Gasteiger partial charge is 0.316 e. The first-order chi connectivity index (χ1) is 10.2. The van der Waals surface area contributed by atoms with Crippen LogP contribution in [0.5, 0.6) is 0 Å². The van der Waals surface area contributed by atoms with Crippen LogP contribution in [0.15, 0.2) is 42.5 Å². The third-order valence-corrected chi connectivity index (χ3v) is 4.76. The van der Waals surface area contributed by atoms with Crippen LogP contribution in [0.4, 0.5) is 4.39 Å². The van der Waals surface area contributed by atoms with Crippen LogP contribution in [0.1, 0.15) is 34.9 Å². The van der Waals surface area contributed by atoms with Gasteiger partial charge in [0.05, 0.1) is 0 Å². The first kappa shape index (κ1) is 14.6. The molecule has 1 aliphatic rings. The second-order valence-corrected chi connectivity index (χ2v) is 6.14. The summed E-state index contributed by atoms with van der Waals surface area (Å²) < 4.78 is 13.4. The van der Waals surface area contributed by atoms with Crippen LogP contribution < -0.4 is 5.32 Å². The maximum absolute atomic E-state index is 13.4. The molecule has 1 heterocycles. The van der Waals surface area contributed by atoms with E-state index in [1.807, 2.05) is 31.2 Å². The molecule has 0 radical (unpaired) electrons. The average molecular weight is 304 g/mol. The minimum Gasteiger partial charge on any atom is -0.316 e. The van der Waals surface area contributed by atoms with Gasteiger partial charge in [0.15, 0.2) is 0 Å². The zero-order chi connectivity index (χ0) is 14.8.